The van der Waals surface area contributed by atoms with Gasteiger partial charge in [-0.3, -0.25) is 4.79 Å². The molecule has 25 heavy (non-hydrogen) atoms. The number of carbonyl (C=O) groups excluding carboxylic acids is 1. The standard InChI is InChI=1S/C19H16F3NO2/c1-25-17-7-3-2-5-16(17)15(6-4-8-18(23)24)13-9-11-14(12-10-13)19(20,21)22/h2-12H,1H3,(H2,23,24). The third-order valence-corrected chi connectivity index (χ3v) is 3.44. The summed E-state index contributed by atoms with van der Waals surface area (Å²) in [6.45, 7) is 0. The first-order valence-corrected chi connectivity index (χ1v) is 7.31. The molecule has 2 aromatic rings. The van der Waals surface area contributed by atoms with E-state index in [-0.39, 0.29) is 0 Å². The molecule has 6 heteroatoms. The van der Waals surface area contributed by atoms with Gasteiger partial charge in [-0.15, -0.1) is 0 Å². The first kappa shape index (κ1) is 18.3. The highest BCUT2D eigenvalue weighted by Gasteiger charge is 2.30. The van der Waals surface area contributed by atoms with Gasteiger partial charge in [-0.05, 0) is 29.3 Å². The number of hydrogen-bond acceptors (Lipinski definition) is 2. The smallest absolute Gasteiger partial charge is 0.416 e. The Morgan fingerprint density at radius 1 is 1.08 bits per heavy atom. The van der Waals surface area contributed by atoms with Crippen LogP contribution in [0.3, 0.4) is 0 Å². The van der Waals surface area contributed by atoms with Crippen LogP contribution in [0.15, 0.2) is 66.8 Å². The van der Waals surface area contributed by atoms with E-state index in [2.05, 4.69) is 0 Å². The maximum Gasteiger partial charge on any atom is 0.416 e. The SMILES string of the molecule is COc1ccccc1C(=CC=CC(N)=O)c1ccc(C(F)(F)F)cc1. The normalized spacial score (nSPS) is 12.4. The van der Waals surface area contributed by atoms with Crippen LogP contribution in [0, 0.1) is 0 Å². The Balaban J connectivity index is 2.54. The summed E-state index contributed by atoms with van der Waals surface area (Å²) in [5, 5.41) is 0. The van der Waals surface area contributed by atoms with Gasteiger partial charge in [-0.25, -0.2) is 0 Å². The van der Waals surface area contributed by atoms with Crippen molar-refractivity contribution < 1.29 is 22.7 Å². The molecule has 1 amide bonds. The number of alkyl halides is 3. The van der Waals surface area contributed by atoms with Gasteiger partial charge in [0, 0.05) is 11.6 Å². The molecule has 0 radical (unpaired) electrons. The highest BCUT2D eigenvalue weighted by atomic mass is 19.4. The number of hydrogen-bond donors (Lipinski definition) is 1. The average molecular weight is 347 g/mol. The molecule has 0 spiro atoms. The summed E-state index contributed by atoms with van der Waals surface area (Å²) < 4.78 is 43.6. The summed E-state index contributed by atoms with van der Waals surface area (Å²) in [6, 6.07) is 11.9. The molecule has 0 heterocycles. The third kappa shape index (κ3) is 4.73. The summed E-state index contributed by atoms with van der Waals surface area (Å²) in [6.07, 6.45) is -0.189. The van der Waals surface area contributed by atoms with Gasteiger partial charge in [0.15, 0.2) is 0 Å². The Labute approximate surface area is 143 Å². The Morgan fingerprint density at radius 3 is 2.28 bits per heavy atom. The molecule has 0 bridgehead atoms. The van der Waals surface area contributed by atoms with Crippen molar-refractivity contribution in [2.24, 2.45) is 5.73 Å². The Bertz CT molecular complexity index is 806. The van der Waals surface area contributed by atoms with E-state index < -0.39 is 17.6 Å². The van der Waals surface area contributed by atoms with Crippen LogP contribution in [0.4, 0.5) is 13.2 Å². The minimum atomic E-state index is -4.40. The van der Waals surface area contributed by atoms with Crippen molar-refractivity contribution in [2.45, 2.75) is 6.18 Å². The third-order valence-electron chi connectivity index (χ3n) is 3.44. The van der Waals surface area contributed by atoms with Crippen LogP contribution >= 0.6 is 0 Å². The van der Waals surface area contributed by atoms with Crippen LogP contribution < -0.4 is 10.5 Å². The lowest BCUT2D eigenvalue weighted by Crippen LogP contribution is -2.05. The average Bonchev–Trinajstić information content (AvgIpc) is 2.58. The molecule has 0 unspecified atom stereocenters. The first-order chi connectivity index (χ1) is 11.8. The fraction of sp³-hybridized carbons (Fsp3) is 0.105. The highest BCUT2D eigenvalue weighted by molar-refractivity contribution is 5.88. The van der Waals surface area contributed by atoms with E-state index in [4.69, 9.17) is 10.5 Å². The molecular weight excluding hydrogens is 331 g/mol. The van der Waals surface area contributed by atoms with Crippen molar-refractivity contribution in [3.63, 3.8) is 0 Å². The minimum Gasteiger partial charge on any atom is -0.496 e. The monoisotopic (exact) mass is 347 g/mol. The fourth-order valence-corrected chi connectivity index (χ4v) is 2.29. The number of para-hydroxylation sites is 1. The van der Waals surface area contributed by atoms with Crippen LogP contribution in [0.5, 0.6) is 5.75 Å². The zero-order valence-corrected chi connectivity index (χ0v) is 13.4. The summed E-state index contributed by atoms with van der Waals surface area (Å²) in [5.74, 6) is -0.0656. The molecule has 0 saturated heterocycles. The summed E-state index contributed by atoms with van der Waals surface area (Å²) in [4.78, 5) is 10.9. The van der Waals surface area contributed by atoms with Crippen molar-refractivity contribution in [2.75, 3.05) is 7.11 Å². The van der Waals surface area contributed by atoms with E-state index >= 15 is 0 Å². The van der Waals surface area contributed by atoms with Crippen molar-refractivity contribution in [1.29, 1.82) is 0 Å². The second kappa shape index (κ2) is 7.70. The van der Waals surface area contributed by atoms with Gasteiger partial charge < -0.3 is 10.5 Å². The lowest BCUT2D eigenvalue weighted by molar-refractivity contribution is -0.137. The second-order valence-electron chi connectivity index (χ2n) is 5.12. The number of benzene rings is 2. The van der Waals surface area contributed by atoms with E-state index in [1.165, 1.54) is 31.4 Å². The number of ether oxygens (including phenoxy) is 1. The molecule has 0 fully saturated rings. The molecule has 2 rings (SSSR count). The van der Waals surface area contributed by atoms with Gasteiger partial charge in [-0.1, -0.05) is 42.5 Å². The second-order valence-corrected chi connectivity index (χ2v) is 5.12. The summed E-state index contributed by atoms with van der Waals surface area (Å²) >= 11 is 0. The minimum absolute atomic E-state index is 0.548. The topological polar surface area (TPSA) is 52.3 Å². The molecular formula is C19H16F3NO2. The molecule has 3 nitrogen and oxygen atoms in total. The van der Waals surface area contributed by atoms with Crippen molar-refractivity contribution >= 4 is 11.5 Å². The summed E-state index contributed by atoms with van der Waals surface area (Å²) in [7, 11) is 1.50. The lowest BCUT2D eigenvalue weighted by atomic mass is 9.95. The van der Waals surface area contributed by atoms with Crippen molar-refractivity contribution in [3.05, 3.63) is 83.4 Å². The number of amides is 1. The largest absolute Gasteiger partial charge is 0.496 e. The number of rotatable bonds is 5. The molecule has 0 atom stereocenters. The Kier molecular flexibility index (Phi) is 5.64. The molecule has 2 N–H and O–H groups in total. The van der Waals surface area contributed by atoms with Gasteiger partial charge in [0.2, 0.25) is 5.91 Å². The Hall–Kier alpha value is -3.02. The number of carbonyl (C=O) groups is 1. The van der Waals surface area contributed by atoms with Gasteiger partial charge >= 0.3 is 6.18 Å². The fourth-order valence-electron chi connectivity index (χ4n) is 2.29. The number of methoxy groups -OCH3 is 1. The van der Waals surface area contributed by atoms with Crippen molar-refractivity contribution in [1.82, 2.24) is 0 Å². The van der Waals surface area contributed by atoms with E-state index in [1.54, 1.807) is 30.3 Å². The van der Waals surface area contributed by atoms with Crippen LogP contribution in [-0.4, -0.2) is 13.0 Å². The van der Waals surface area contributed by atoms with Crippen LogP contribution in [-0.2, 0) is 11.0 Å². The molecule has 130 valence electrons. The van der Waals surface area contributed by atoms with Gasteiger partial charge in [0.05, 0.1) is 12.7 Å². The summed E-state index contributed by atoms with van der Waals surface area (Å²) in [5.41, 5.74) is 6.17. The molecule has 0 saturated carbocycles. The maximum absolute atomic E-state index is 12.8. The first-order valence-electron chi connectivity index (χ1n) is 7.31. The molecule has 0 aromatic heterocycles. The van der Waals surface area contributed by atoms with E-state index in [9.17, 15) is 18.0 Å². The number of halogens is 3. The number of nitrogens with two attached hydrogens (primary N) is 1. The van der Waals surface area contributed by atoms with Gasteiger partial charge in [0.1, 0.15) is 5.75 Å². The maximum atomic E-state index is 12.8. The predicted octanol–water partition coefficient (Wildman–Crippen LogP) is 4.19. The number of primary amides is 1. The van der Waals surface area contributed by atoms with Crippen LogP contribution in [0.2, 0.25) is 0 Å². The van der Waals surface area contributed by atoms with E-state index in [0.29, 0.717) is 22.4 Å². The zero-order valence-electron chi connectivity index (χ0n) is 13.4. The van der Waals surface area contributed by atoms with Gasteiger partial charge in [0.25, 0.3) is 0 Å². The molecule has 0 aliphatic rings. The molecule has 2 aromatic carbocycles. The van der Waals surface area contributed by atoms with E-state index in [0.717, 1.165) is 12.1 Å². The lowest BCUT2D eigenvalue weighted by Gasteiger charge is -2.13. The van der Waals surface area contributed by atoms with Crippen molar-refractivity contribution in [3.8, 4) is 5.75 Å². The van der Waals surface area contributed by atoms with Crippen LogP contribution in [0.25, 0.3) is 5.57 Å². The predicted molar refractivity (Wildman–Crippen MR) is 89.9 cm³/mol. The molecule has 0 aliphatic heterocycles. The molecule has 0 aliphatic carbocycles. The van der Waals surface area contributed by atoms with E-state index in [1.807, 2.05) is 0 Å². The Morgan fingerprint density at radius 2 is 1.72 bits per heavy atom. The van der Waals surface area contributed by atoms with Gasteiger partial charge in [-0.2, -0.15) is 13.2 Å². The number of allylic oxidation sites excluding steroid dienone is 2. The zero-order chi connectivity index (χ0) is 18.4. The highest BCUT2D eigenvalue weighted by Crippen LogP contribution is 2.34. The quantitative estimate of drug-likeness (QED) is 0.651. The van der Waals surface area contributed by atoms with Crippen LogP contribution in [0.1, 0.15) is 16.7 Å².